The zero-order valence-corrected chi connectivity index (χ0v) is 10.5. The van der Waals surface area contributed by atoms with Gasteiger partial charge in [0.1, 0.15) is 0 Å². The lowest BCUT2D eigenvalue weighted by molar-refractivity contribution is 0.0616. The lowest BCUT2D eigenvalue weighted by Gasteiger charge is -2.37. The number of hydrogen-bond donors (Lipinski definition) is 2. The Hall–Kier alpha value is 0.210. The normalized spacial score (nSPS) is 38.4. The average Bonchev–Trinajstić information content (AvgIpc) is 2.47. The zero-order valence-electron chi connectivity index (χ0n) is 9.67. The number of aliphatic hydroxyl groups is 1. The van der Waals surface area contributed by atoms with Crippen LogP contribution < -0.4 is 5.32 Å². The summed E-state index contributed by atoms with van der Waals surface area (Å²) in [6, 6.07) is 0. The summed E-state index contributed by atoms with van der Waals surface area (Å²) < 4.78 is 0. The summed E-state index contributed by atoms with van der Waals surface area (Å²) in [5.74, 6) is 0.697. The van der Waals surface area contributed by atoms with Crippen LogP contribution in [-0.4, -0.2) is 23.3 Å². The Balaban J connectivity index is 0.00000112. The summed E-state index contributed by atoms with van der Waals surface area (Å²) >= 11 is 0. The molecule has 0 spiro atoms. The lowest BCUT2D eigenvalue weighted by Crippen LogP contribution is -2.51. The van der Waals surface area contributed by atoms with Crippen molar-refractivity contribution in [2.45, 2.75) is 63.5 Å². The molecule has 1 saturated carbocycles. The Bertz CT molecular complexity index is 192. The van der Waals surface area contributed by atoms with Crippen LogP contribution in [0.3, 0.4) is 0 Å². The van der Waals surface area contributed by atoms with E-state index < -0.39 is 0 Å². The van der Waals surface area contributed by atoms with Gasteiger partial charge in [0.2, 0.25) is 0 Å². The molecule has 0 bridgehead atoms. The van der Waals surface area contributed by atoms with E-state index >= 15 is 0 Å². The first-order chi connectivity index (χ1) is 6.73. The molecule has 0 aromatic carbocycles. The van der Waals surface area contributed by atoms with Crippen molar-refractivity contribution in [2.75, 3.05) is 6.54 Å². The van der Waals surface area contributed by atoms with Crippen molar-refractivity contribution >= 4 is 12.4 Å². The van der Waals surface area contributed by atoms with E-state index in [0.29, 0.717) is 5.92 Å². The summed E-state index contributed by atoms with van der Waals surface area (Å²) in [4.78, 5) is 0. The van der Waals surface area contributed by atoms with Crippen LogP contribution in [0.2, 0.25) is 0 Å². The highest BCUT2D eigenvalue weighted by Gasteiger charge is 2.43. The minimum Gasteiger partial charge on any atom is -0.391 e. The highest BCUT2D eigenvalue weighted by Crippen LogP contribution is 2.36. The van der Waals surface area contributed by atoms with Gasteiger partial charge in [0, 0.05) is 5.54 Å². The molecule has 1 heterocycles. The Kier molecular flexibility index (Phi) is 4.88. The summed E-state index contributed by atoms with van der Waals surface area (Å²) in [7, 11) is 0. The Morgan fingerprint density at radius 3 is 2.13 bits per heavy atom. The molecule has 2 atom stereocenters. The van der Waals surface area contributed by atoms with Gasteiger partial charge >= 0.3 is 0 Å². The highest BCUT2D eigenvalue weighted by molar-refractivity contribution is 5.85. The lowest BCUT2D eigenvalue weighted by atomic mass is 9.78. The molecular weight excluding hydrogens is 210 g/mol. The molecule has 1 aliphatic carbocycles. The van der Waals surface area contributed by atoms with E-state index in [1.54, 1.807) is 0 Å². The van der Waals surface area contributed by atoms with Gasteiger partial charge < -0.3 is 10.4 Å². The predicted octanol–water partition coefficient (Wildman–Crippen LogP) is 2.49. The number of halogens is 1. The third kappa shape index (κ3) is 2.66. The van der Waals surface area contributed by atoms with Gasteiger partial charge in [-0.05, 0) is 38.6 Å². The van der Waals surface area contributed by atoms with Crippen molar-refractivity contribution in [3.05, 3.63) is 0 Å². The van der Waals surface area contributed by atoms with Gasteiger partial charge in [-0.3, -0.25) is 0 Å². The maximum atomic E-state index is 10.0. The SMILES string of the molecule is CC1(C2CCCCCC2)NCCC1O.Cl. The van der Waals surface area contributed by atoms with Crippen molar-refractivity contribution in [1.29, 1.82) is 0 Å². The van der Waals surface area contributed by atoms with Gasteiger partial charge in [-0.15, -0.1) is 12.4 Å². The molecular formula is C12H24ClNO. The van der Waals surface area contributed by atoms with E-state index in [9.17, 15) is 5.11 Å². The number of hydrogen-bond acceptors (Lipinski definition) is 2. The second kappa shape index (κ2) is 5.51. The van der Waals surface area contributed by atoms with E-state index in [0.717, 1.165) is 13.0 Å². The van der Waals surface area contributed by atoms with Crippen LogP contribution >= 0.6 is 12.4 Å². The van der Waals surface area contributed by atoms with Crippen LogP contribution in [0.4, 0.5) is 0 Å². The van der Waals surface area contributed by atoms with Crippen LogP contribution in [-0.2, 0) is 0 Å². The fourth-order valence-corrected chi connectivity index (χ4v) is 3.19. The predicted molar refractivity (Wildman–Crippen MR) is 65.5 cm³/mol. The Morgan fingerprint density at radius 2 is 1.67 bits per heavy atom. The van der Waals surface area contributed by atoms with Gasteiger partial charge in [-0.1, -0.05) is 25.7 Å². The third-order valence-electron chi connectivity index (χ3n) is 4.32. The number of aliphatic hydroxyl groups excluding tert-OH is 1. The van der Waals surface area contributed by atoms with Crippen LogP contribution in [0.25, 0.3) is 0 Å². The summed E-state index contributed by atoms with van der Waals surface area (Å²) in [5, 5.41) is 13.6. The molecule has 2 fully saturated rings. The molecule has 2 unspecified atom stereocenters. The van der Waals surface area contributed by atoms with Crippen LogP contribution in [0, 0.1) is 5.92 Å². The van der Waals surface area contributed by atoms with Gasteiger partial charge in [0.15, 0.2) is 0 Å². The fraction of sp³-hybridized carbons (Fsp3) is 1.00. The quantitative estimate of drug-likeness (QED) is 0.683. The second-order valence-corrected chi connectivity index (χ2v) is 5.20. The highest BCUT2D eigenvalue weighted by atomic mass is 35.5. The van der Waals surface area contributed by atoms with Gasteiger partial charge in [-0.2, -0.15) is 0 Å². The largest absolute Gasteiger partial charge is 0.391 e. The van der Waals surface area contributed by atoms with Gasteiger partial charge in [-0.25, -0.2) is 0 Å². The van der Waals surface area contributed by atoms with Crippen LogP contribution in [0.5, 0.6) is 0 Å². The zero-order chi connectivity index (χ0) is 10.0. The first-order valence-corrected chi connectivity index (χ1v) is 6.16. The van der Waals surface area contributed by atoms with Crippen LogP contribution in [0.1, 0.15) is 51.9 Å². The monoisotopic (exact) mass is 233 g/mol. The maximum absolute atomic E-state index is 10.0. The topological polar surface area (TPSA) is 32.3 Å². The molecule has 2 rings (SSSR count). The molecule has 1 aliphatic heterocycles. The summed E-state index contributed by atoms with van der Waals surface area (Å²) in [6.07, 6.45) is 8.92. The van der Waals surface area contributed by atoms with E-state index in [4.69, 9.17) is 0 Å². The number of nitrogens with one attached hydrogen (secondary N) is 1. The summed E-state index contributed by atoms with van der Waals surface area (Å²) in [5.41, 5.74) is 0.0182. The maximum Gasteiger partial charge on any atom is 0.0733 e. The molecule has 90 valence electrons. The van der Waals surface area contributed by atoms with Gasteiger partial charge in [0.25, 0.3) is 0 Å². The van der Waals surface area contributed by atoms with Crippen molar-refractivity contribution in [1.82, 2.24) is 5.32 Å². The number of rotatable bonds is 1. The van der Waals surface area contributed by atoms with E-state index in [1.165, 1.54) is 38.5 Å². The smallest absolute Gasteiger partial charge is 0.0733 e. The Morgan fingerprint density at radius 1 is 1.07 bits per heavy atom. The van der Waals surface area contributed by atoms with Gasteiger partial charge in [0.05, 0.1) is 6.10 Å². The van der Waals surface area contributed by atoms with Crippen molar-refractivity contribution in [3.8, 4) is 0 Å². The van der Waals surface area contributed by atoms with Crippen molar-refractivity contribution in [3.63, 3.8) is 0 Å². The van der Waals surface area contributed by atoms with Crippen molar-refractivity contribution in [2.24, 2.45) is 5.92 Å². The molecule has 1 saturated heterocycles. The van der Waals surface area contributed by atoms with Crippen molar-refractivity contribution < 1.29 is 5.11 Å². The fourth-order valence-electron chi connectivity index (χ4n) is 3.19. The molecule has 2 nitrogen and oxygen atoms in total. The van der Waals surface area contributed by atoms with E-state index in [2.05, 4.69) is 12.2 Å². The first kappa shape index (κ1) is 13.3. The molecule has 0 aromatic rings. The minimum absolute atomic E-state index is 0. The minimum atomic E-state index is -0.120. The third-order valence-corrected chi connectivity index (χ3v) is 4.32. The Labute approximate surface area is 99.2 Å². The molecule has 2 N–H and O–H groups in total. The molecule has 3 heteroatoms. The molecule has 0 radical (unpaired) electrons. The molecule has 0 aromatic heterocycles. The van der Waals surface area contributed by atoms with E-state index in [1.807, 2.05) is 0 Å². The average molecular weight is 234 g/mol. The molecule has 0 amide bonds. The van der Waals surface area contributed by atoms with Crippen LogP contribution in [0.15, 0.2) is 0 Å². The van der Waals surface area contributed by atoms with E-state index in [-0.39, 0.29) is 24.0 Å². The second-order valence-electron chi connectivity index (χ2n) is 5.20. The summed E-state index contributed by atoms with van der Waals surface area (Å²) in [6.45, 7) is 3.22. The molecule has 15 heavy (non-hydrogen) atoms. The standard InChI is InChI=1S/C12H23NO.ClH/c1-12(11(14)8-9-13-12)10-6-4-2-3-5-7-10;/h10-11,13-14H,2-9H2,1H3;1H. The first-order valence-electron chi connectivity index (χ1n) is 6.16. The molecule has 2 aliphatic rings.